The van der Waals surface area contributed by atoms with E-state index in [0.717, 1.165) is 17.7 Å². The molecule has 1 aliphatic heterocycles. The van der Waals surface area contributed by atoms with E-state index in [2.05, 4.69) is 0 Å². The highest BCUT2D eigenvalue weighted by Gasteiger charge is 2.31. The Morgan fingerprint density at radius 3 is 2.71 bits per heavy atom. The first-order valence-electron chi connectivity index (χ1n) is 7.03. The third kappa shape index (κ3) is 2.18. The van der Waals surface area contributed by atoms with Crippen LogP contribution in [-0.4, -0.2) is 21.4 Å². The Hall–Kier alpha value is -2.30. The highest BCUT2D eigenvalue weighted by Crippen LogP contribution is 2.32. The minimum Gasteiger partial charge on any atom is -0.481 e. The maximum absolute atomic E-state index is 12.6. The first-order chi connectivity index (χ1) is 9.99. The molecule has 3 rings (SSSR count). The van der Waals surface area contributed by atoms with Gasteiger partial charge in [0.05, 0.1) is 11.6 Å². The maximum atomic E-state index is 12.6. The number of hydrogen-bond donors (Lipinski definition) is 1. The van der Waals surface area contributed by atoms with Crippen LogP contribution in [0.2, 0.25) is 0 Å². The maximum Gasteiger partial charge on any atom is 0.312 e. The molecule has 5 nitrogen and oxygen atoms in total. The van der Waals surface area contributed by atoms with Crippen molar-refractivity contribution in [3.05, 3.63) is 46.7 Å². The van der Waals surface area contributed by atoms with E-state index in [1.54, 1.807) is 19.1 Å². The number of ketones is 1. The van der Waals surface area contributed by atoms with E-state index in [-0.39, 0.29) is 5.78 Å². The molecule has 2 aromatic heterocycles. The number of aromatic nitrogens is 1. The predicted molar refractivity (Wildman–Crippen MR) is 75.7 cm³/mol. The fourth-order valence-corrected chi connectivity index (χ4v) is 3.07. The molecule has 1 N–H and O–H groups in total. The predicted octanol–water partition coefficient (Wildman–Crippen LogP) is 2.89. The molecule has 0 fully saturated rings. The second kappa shape index (κ2) is 4.91. The molecule has 1 atom stereocenters. The minimum absolute atomic E-state index is 0.183. The average molecular weight is 287 g/mol. The Morgan fingerprint density at radius 2 is 2.10 bits per heavy atom. The molecule has 0 bridgehead atoms. The van der Waals surface area contributed by atoms with Crippen LogP contribution in [0.3, 0.4) is 0 Å². The standard InChI is InChI=1S/C16H17NO4/c1-9-8-12-11(16(19)20)4-3-7-17(12)14(9)15(18)13-6-5-10(2)21-13/h5-6,8,11H,3-4,7H2,1-2H3,(H,19,20). The molecule has 1 unspecified atom stereocenters. The normalized spacial score (nSPS) is 17.5. The molecule has 3 heterocycles. The zero-order valence-corrected chi connectivity index (χ0v) is 12.0. The molecule has 5 heteroatoms. The SMILES string of the molecule is Cc1ccc(C(=O)c2c(C)cc3n2CCCC3C(=O)O)o1. The molecule has 2 aromatic rings. The molecule has 110 valence electrons. The summed E-state index contributed by atoms with van der Waals surface area (Å²) in [6, 6.07) is 5.23. The summed E-state index contributed by atoms with van der Waals surface area (Å²) in [5.74, 6) is -0.560. The highest BCUT2D eigenvalue weighted by atomic mass is 16.4. The molecule has 0 amide bonds. The number of nitrogens with zero attached hydrogens (tertiary/aromatic N) is 1. The van der Waals surface area contributed by atoms with Gasteiger partial charge in [0, 0.05) is 12.2 Å². The van der Waals surface area contributed by atoms with Crippen LogP contribution in [0.15, 0.2) is 22.6 Å². The molecular weight excluding hydrogens is 270 g/mol. The molecule has 0 spiro atoms. The van der Waals surface area contributed by atoms with Crippen LogP contribution in [-0.2, 0) is 11.3 Å². The van der Waals surface area contributed by atoms with Crippen molar-refractivity contribution in [2.45, 2.75) is 39.2 Å². The Balaban J connectivity index is 2.08. The minimum atomic E-state index is -0.832. The summed E-state index contributed by atoms with van der Waals surface area (Å²) in [4.78, 5) is 24.0. The molecule has 0 saturated heterocycles. The lowest BCUT2D eigenvalue weighted by atomic mass is 9.96. The van der Waals surface area contributed by atoms with Crippen molar-refractivity contribution in [1.29, 1.82) is 0 Å². The quantitative estimate of drug-likeness (QED) is 0.881. The first-order valence-corrected chi connectivity index (χ1v) is 7.03. The number of rotatable bonds is 3. The van der Waals surface area contributed by atoms with E-state index < -0.39 is 11.9 Å². The van der Waals surface area contributed by atoms with Gasteiger partial charge in [-0.15, -0.1) is 0 Å². The number of aryl methyl sites for hydroxylation is 2. The van der Waals surface area contributed by atoms with Crippen molar-refractivity contribution < 1.29 is 19.1 Å². The van der Waals surface area contributed by atoms with Crippen molar-refractivity contribution in [3.63, 3.8) is 0 Å². The number of aliphatic carboxylic acids is 1. The van der Waals surface area contributed by atoms with E-state index in [9.17, 15) is 14.7 Å². The second-order valence-corrected chi connectivity index (χ2v) is 5.52. The van der Waals surface area contributed by atoms with Crippen LogP contribution in [0.25, 0.3) is 0 Å². The molecule has 0 saturated carbocycles. The van der Waals surface area contributed by atoms with Gasteiger partial charge in [0.2, 0.25) is 5.78 Å². The molecule has 0 radical (unpaired) electrons. The number of hydrogen-bond acceptors (Lipinski definition) is 3. The van der Waals surface area contributed by atoms with Gasteiger partial charge in [0.15, 0.2) is 5.76 Å². The van der Waals surface area contributed by atoms with Gasteiger partial charge in [-0.3, -0.25) is 9.59 Å². The van der Waals surface area contributed by atoms with Crippen molar-refractivity contribution in [2.24, 2.45) is 0 Å². The lowest BCUT2D eigenvalue weighted by molar-refractivity contribution is -0.139. The van der Waals surface area contributed by atoms with Crippen molar-refractivity contribution in [1.82, 2.24) is 4.57 Å². The van der Waals surface area contributed by atoms with Gasteiger partial charge in [-0.2, -0.15) is 0 Å². The molecule has 0 aliphatic carbocycles. The summed E-state index contributed by atoms with van der Waals surface area (Å²) in [7, 11) is 0. The Kier molecular flexibility index (Phi) is 3.20. The van der Waals surface area contributed by atoms with E-state index in [0.29, 0.717) is 30.2 Å². The molecule has 1 aliphatic rings. The lowest BCUT2D eigenvalue weighted by Gasteiger charge is -2.23. The molecule has 0 aromatic carbocycles. The first kappa shape index (κ1) is 13.7. The van der Waals surface area contributed by atoms with E-state index in [1.165, 1.54) is 0 Å². The number of carboxylic acids is 1. The van der Waals surface area contributed by atoms with Gasteiger partial charge in [0.25, 0.3) is 0 Å². The van der Waals surface area contributed by atoms with Crippen LogP contribution < -0.4 is 0 Å². The lowest BCUT2D eigenvalue weighted by Crippen LogP contribution is -2.23. The van der Waals surface area contributed by atoms with Crippen molar-refractivity contribution in [2.75, 3.05) is 0 Å². The summed E-state index contributed by atoms with van der Waals surface area (Å²) in [5.41, 5.74) is 2.07. The Labute approximate surface area is 122 Å². The topological polar surface area (TPSA) is 72.4 Å². The summed E-state index contributed by atoms with van der Waals surface area (Å²) < 4.78 is 7.26. The number of carbonyl (C=O) groups is 2. The van der Waals surface area contributed by atoms with Gasteiger partial charge in [-0.05, 0) is 50.5 Å². The van der Waals surface area contributed by atoms with Gasteiger partial charge in [-0.1, -0.05) is 0 Å². The Morgan fingerprint density at radius 1 is 1.33 bits per heavy atom. The summed E-state index contributed by atoms with van der Waals surface area (Å²) in [6.45, 7) is 4.30. The smallest absolute Gasteiger partial charge is 0.312 e. The third-order valence-corrected chi connectivity index (χ3v) is 4.03. The van der Waals surface area contributed by atoms with Crippen LogP contribution in [0.4, 0.5) is 0 Å². The van der Waals surface area contributed by atoms with Crippen LogP contribution in [0, 0.1) is 13.8 Å². The molecule has 21 heavy (non-hydrogen) atoms. The summed E-state index contributed by atoms with van der Waals surface area (Å²) in [6.07, 6.45) is 1.38. The van der Waals surface area contributed by atoms with Crippen LogP contribution >= 0.6 is 0 Å². The third-order valence-electron chi connectivity index (χ3n) is 4.03. The van der Waals surface area contributed by atoms with Gasteiger partial charge in [0.1, 0.15) is 5.76 Å². The summed E-state index contributed by atoms with van der Waals surface area (Å²) >= 11 is 0. The fraction of sp³-hybridized carbons (Fsp3) is 0.375. The van der Waals surface area contributed by atoms with E-state index in [4.69, 9.17) is 4.42 Å². The number of furan rings is 1. The van der Waals surface area contributed by atoms with Crippen LogP contribution in [0.5, 0.6) is 0 Å². The zero-order chi connectivity index (χ0) is 15.1. The van der Waals surface area contributed by atoms with Gasteiger partial charge >= 0.3 is 5.97 Å². The highest BCUT2D eigenvalue weighted by molar-refractivity contribution is 6.07. The van der Waals surface area contributed by atoms with Crippen LogP contribution in [0.1, 0.15) is 52.0 Å². The van der Waals surface area contributed by atoms with Gasteiger partial charge in [-0.25, -0.2) is 0 Å². The molecular formula is C16H17NO4. The fourth-order valence-electron chi connectivity index (χ4n) is 3.07. The van der Waals surface area contributed by atoms with Gasteiger partial charge < -0.3 is 14.1 Å². The number of carboxylic acid groups (broad SMARTS) is 1. The Bertz CT molecular complexity index is 723. The van der Waals surface area contributed by atoms with E-state index >= 15 is 0 Å². The monoisotopic (exact) mass is 287 g/mol. The van der Waals surface area contributed by atoms with Crippen molar-refractivity contribution >= 4 is 11.8 Å². The summed E-state index contributed by atoms with van der Waals surface area (Å²) in [5, 5.41) is 9.33. The number of fused-ring (bicyclic) bond motifs is 1. The van der Waals surface area contributed by atoms with E-state index in [1.807, 2.05) is 17.6 Å². The average Bonchev–Trinajstić information content (AvgIpc) is 3.00. The zero-order valence-electron chi connectivity index (χ0n) is 12.0. The second-order valence-electron chi connectivity index (χ2n) is 5.52. The number of carbonyl (C=O) groups excluding carboxylic acids is 1. The largest absolute Gasteiger partial charge is 0.481 e. The van der Waals surface area contributed by atoms with Crippen molar-refractivity contribution in [3.8, 4) is 0 Å².